The maximum Gasteiger partial charge on any atom is 0.230 e. The maximum absolute atomic E-state index is 13.9. The number of carbonyl (C=O) groups excluding carboxylic acids is 5. The number of hydrogen-bond donors (Lipinski definition) is 5. The van der Waals surface area contributed by atoms with Gasteiger partial charge in [-0.15, -0.1) is 0 Å². The number of phenolic OH excluding ortho intramolecular Hbond substituents is 1. The second-order valence-electron chi connectivity index (χ2n) is 10.8. The molecule has 204 valence electrons. The highest BCUT2D eigenvalue weighted by molar-refractivity contribution is 6.26. The molecule has 0 spiro atoms. The number of rotatable bonds is 4. The second-order valence-corrected chi connectivity index (χ2v) is 10.8. The Hall–Kier alpha value is -3.77. The first kappa shape index (κ1) is 26.8. The number of aliphatic hydroxyl groups is 3. The largest absolute Gasteiger partial charge is 0.507 e. The normalized spacial score (nSPS) is 33.8. The third-order valence-electron chi connectivity index (χ3n) is 8.59. The number of ketones is 3. The SMILES string of the molecule is CN(C)[C@H]1C(O)C(C(N)=O)C(=O)[C@]2(O)C(=O)C3C(=O)c4c(O)ccc(-c5cccc(C=O)c5)c4C[C@@H]3[C@@H](O)[C@H]12. The van der Waals surface area contributed by atoms with E-state index in [2.05, 4.69) is 0 Å². The van der Waals surface area contributed by atoms with E-state index < -0.39 is 76.5 Å². The van der Waals surface area contributed by atoms with Crippen LogP contribution in [0.1, 0.15) is 26.3 Å². The summed E-state index contributed by atoms with van der Waals surface area (Å²) in [5.41, 5.74) is 3.96. The Morgan fingerprint density at radius 1 is 1.08 bits per heavy atom. The summed E-state index contributed by atoms with van der Waals surface area (Å²) >= 11 is 0. The molecule has 2 saturated carbocycles. The number of Topliss-reactive ketones (excluding diaryl/α,β-unsaturated/α-hetero) is 3. The lowest BCUT2D eigenvalue weighted by atomic mass is 9.50. The molecule has 0 saturated heterocycles. The standard InChI is InChI=1S/C28H28N2O9/c1-30(2)21-20-22(33)15-9-14-13(12-5-3-4-11(8-12)10-31)6-7-16(32)17(14)23(34)18(15)25(36)28(20,39)26(37)19(24(21)35)27(29)38/h3-8,10,15,18-22,24,32-33,35,39H,9H2,1-2H3,(H2,29,38)/t15-,18?,19?,20-,21+,22+,24?,28+/m0/s1. The van der Waals surface area contributed by atoms with Crippen molar-refractivity contribution in [3.8, 4) is 16.9 Å². The topological polar surface area (TPSA) is 196 Å². The lowest BCUT2D eigenvalue weighted by molar-refractivity contribution is -0.207. The Kier molecular flexibility index (Phi) is 6.30. The number of hydrogen-bond acceptors (Lipinski definition) is 10. The van der Waals surface area contributed by atoms with E-state index in [1.165, 1.54) is 25.1 Å². The second kappa shape index (κ2) is 9.16. The molecule has 8 atom stereocenters. The van der Waals surface area contributed by atoms with Crippen LogP contribution in [0.2, 0.25) is 0 Å². The van der Waals surface area contributed by atoms with Gasteiger partial charge in [0.2, 0.25) is 5.91 Å². The number of benzene rings is 2. The smallest absolute Gasteiger partial charge is 0.230 e. The Morgan fingerprint density at radius 3 is 2.38 bits per heavy atom. The van der Waals surface area contributed by atoms with Gasteiger partial charge in [-0.1, -0.05) is 24.3 Å². The fourth-order valence-corrected chi connectivity index (χ4v) is 6.88. The molecule has 0 aliphatic heterocycles. The number of aromatic hydroxyl groups is 1. The van der Waals surface area contributed by atoms with Crippen LogP contribution in [0.4, 0.5) is 0 Å². The van der Waals surface area contributed by atoms with E-state index in [-0.39, 0.29) is 12.0 Å². The molecule has 1 amide bonds. The quantitative estimate of drug-likeness (QED) is 0.241. The summed E-state index contributed by atoms with van der Waals surface area (Å²) in [6.45, 7) is 0. The van der Waals surface area contributed by atoms with Crippen molar-refractivity contribution in [2.24, 2.45) is 29.4 Å². The van der Waals surface area contributed by atoms with Gasteiger partial charge < -0.3 is 31.1 Å². The van der Waals surface area contributed by atoms with E-state index in [0.717, 1.165) is 0 Å². The van der Waals surface area contributed by atoms with Crippen molar-refractivity contribution in [2.45, 2.75) is 30.3 Å². The molecule has 2 fully saturated rings. The Bertz CT molecular complexity index is 1440. The first-order valence-corrected chi connectivity index (χ1v) is 12.4. The van der Waals surface area contributed by atoms with Gasteiger partial charge in [0.1, 0.15) is 18.0 Å². The fourth-order valence-electron chi connectivity index (χ4n) is 6.88. The van der Waals surface area contributed by atoms with Crippen LogP contribution >= 0.6 is 0 Å². The molecule has 5 rings (SSSR count). The first-order valence-electron chi connectivity index (χ1n) is 12.4. The highest BCUT2D eigenvalue weighted by atomic mass is 16.3. The van der Waals surface area contributed by atoms with Crippen LogP contribution in [0, 0.1) is 23.7 Å². The minimum atomic E-state index is -2.98. The number of amides is 1. The van der Waals surface area contributed by atoms with Gasteiger partial charge in [0.05, 0.1) is 23.7 Å². The molecule has 3 aliphatic rings. The Labute approximate surface area is 222 Å². The first-order chi connectivity index (χ1) is 18.4. The van der Waals surface area contributed by atoms with Crippen molar-refractivity contribution in [3.05, 3.63) is 53.1 Å². The van der Waals surface area contributed by atoms with Crippen molar-refractivity contribution in [3.63, 3.8) is 0 Å². The van der Waals surface area contributed by atoms with E-state index in [9.17, 15) is 44.4 Å². The predicted molar refractivity (Wildman–Crippen MR) is 135 cm³/mol. The van der Waals surface area contributed by atoms with Crippen molar-refractivity contribution >= 4 is 29.5 Å². The molecule has 0 aromatic heterocycles. The summed E-state index contributed by atoms with van der Waals surface area (Å²) in [7, 11) is 2.98. The van der Waals surface area contributed by atoms with Gasteiger partial charge >= 0.3 is 0 Å². The van der Waals surface area contributed by atoms with Gasteiger partial charge in [-0.05, 0) is 49.3 Å². The number of nitrogens with two attached hydrogens (primary N) is 1. The summed E-state index contributed by atoms with van der Waals surface area (Å²) in [4.78, 5) is 66.0. The number of carbonyl (C=O) groups is 5. The predicted octanol–water partition coefficient (Wildman–Crippen LogP) is -0.891. The fraction of sp³-hybridized carbons (Fsp3) is 0.393. The van der Waals surface area contributed by atoms with Gasteiger partial charge in [-0.25, -0.2) is 0 Å². The Balaban J connectivity index is 1.70. The van der Waals surface area contributed by atoms with Crippen LogP contribution < -0.4 is 5.73 Å². The van der Waals surface area contributed by atoms with Crippen molar-refractivity contribution in [1.82, 2.24) is 4.90 Å². The number of aliphatic hydroxyl groups excluding tert-OH is 2. The van der Waals surface area contributed by atoms with E-state index in [4.69, 9.17) is 5.73 Å². The Morgan fingerprint density at radius 2 is 1.77 bits per heavy atom. The lowest BCUT2D eigenvalue weighted by Crippen LogP contribution is -2.78. The number of likely N-dealkylation sites (N-methyl/N-ethyl adjacent to an activating group) is 1. The molecular formula is C28H28N2O9. The molecule has 11 nitrogen and oxygen atoms in total. The molecule has 0 bridgehead atoms. The van der Waals surface area contributed by atoms with Gasteiger partial charge in [0.15, 0.2) is 23.0 Å². The zero-order valence-corrected chi connectivity index (χ0v) is 21.1. The van der Waals surface area contributed by atoms with Crippen molar-refractivity contribution in [1.29, 1.82) is 0 Å². The summed E-state index contributed by atoms with van der Waals surface area (Å²) in [5, 5.41) is 44.9. The van der Waals surface area contributed by atoms with Crippen LogP contribution in [0.25, 0.3) is 11.1 Å². The molecule has 11 heteroatoms. The average molecular weight is 537 g/mol. The van der Waals surface area contributed by atoms with Crippen LogP contribution in [0.3, 0.4) is 0 Å². The highest BCUT2D eigenvalue weighted by Crippen LogP contribution is 2.52. The van der Waals surface area contributed by atoms with E-state index in [1.54, 1.807) is 30.3 Å². The number of fused-ring (bicyclic) bond motifs is 3. The molecule has 2 aromatic rings. The zero-order chi connectivity index (χ0) is 28.5. The van der Waals surface area contributed by atoms with Crippen molar-refractivity contribution < 1.29 is 44.4 Å². The van der Waals surface area contributed by atoms with Gasteiger partial charge in [-0.3, -0.25) is 24.0 Å². The van der Waals surface area contributed by atoms with Crippen LogP contribution in [0.5, 0.6) is 5.75 Å². The van der Waals surface area contributed by atoms with Crippen molar-refractivity contribution in [2.75, 3.05) is 14.1 Å². The molecule has 0 heterocycles. The van der Waals surface area contributed by atoms with Crippen LogP contribution in [0.15, 0.2) is 36.4 Å². The number of primary amides is 1. The van der Waals surface area contributed by atoms with E-state index in [1.807, 2.05) is 0 Å². The van der Waals surface area contributed by atoms with Gasteiger partial charge in [0, 0.05) is 23.4 Å². The number of nitrogens with zero attached hydrogens (tertiary/aromatic N) is 1. The van der Waals surface area contributed by atoms with E-state index in [0.29, 0.717) is 28.5 Å². The molecule has 3 unspecified atom stereocenters. The van der Waals surface area contributed by atoms with Gasteiger partial charge in [0.25, 0.3) is 0 Å². The minimum absolute atomic E-state index is 0.0933. The molecule has 2 aromatic carbocycles. The number of phenols is 1. The van der Waals surface area contributed by atoms with E-state index >= 15 is 0 Å². The van der Waals surface area contributed by atoms with Gasteiger partial charge in [-0.2, -0.15) is 0 Å². The molecule has 3 aliphatic carbocycles. The lowest BCUT2D eigenvalue weighted by Gasteiger charge is -2.56. The summed E-state index contributed by atoms with van der Waals surface area (Å²) in [6.07, 6.45) is -2.81. The average Bonchev–Trinajstić information content (AvgIpc) is 2.88. The summed E-state index contributed by atoms with van der Waals surface area (Å²) in [5.74, 6) is -11.5. The van der Waals surface area contributed by atoms with Crippen LogP contribution in [-0.2, 0) is 20.8 Å². The summed E-state index contributed by atoms with van der Waals surface area (Å²) < 4.78 is 0. The third-order valence-corrected chi connectivity index (χ3v) is 8.59. The number of aldehydes is 1. The summed E-state index contributed by atoms with van der Waals surface area (Å²) in [6, 6.07) is 8.15. The minimum Gasteiger partial charge on any atom is -0.507 e. The third kappa shape index (κ3) is 3.61. The highest BCUT2D eigenvalue weighted by Gasteiger charge is 2.72. The van der Waals surface area contributed by atoms with Crippen LogP contribution in [-0.4, -0.2) is 92.8 Å². The molecular weight excluding hydrogens is 508 g/mol. The molecule has 0 radical (unpaired) electrons. The molecule has 39 heavy (non-hydrogen) atoms. The molecule has 6 N–H and O–H groups in total. The maximum atomic E-state index is 13.9. The zero-order valence-electron chi connectivity index (χ0n) is 21.1. The monoisotopic (exact) mass is 536 g/mol.